The number of likely N-dealkylation sites (N-methyl/N-ethyl adjacent to an activating group) is 1. The number of nitrogens with one attached hydrogen (secondary N) is 2. The Morgan fingerprint density at radius 3 is 2.42 bits per heavy atom. The van der Waals surface area contributed by atoms with E-state index in [0.29, 0.717) is 0 Å². The first-order chi connectivity index (χ1) is 5.57. The predicted molar refractivity (Wildman–Crippen MR) is 48.9 cm³/mol. The van der Waals surface area contributed by atoms with Crippen molar-refractivity contribution in [1.29, 1.82) is 0 Å². The summed E-state index contributed by atoms with van der Waals surface area (Å²) in [5.41, 5.74) is 0.214. The smallest absolute Gasteiger partial charge is 0.236 e. The molecule has 1 rings (SSSR count). The second-order valence-corrected chi connectivity index (χ2v) is 3.89. The highest BCUT2D eigenvalue weighted by atomic mass is 16.2. The van der Waals surface area contributed by atoms with Gasteiger partial charge in [-0.2, -0.15) is 0 Å². The Morgan fingerprint density at radius 1 is 1.50 bits per heavy atom. The molecule has 1 atom stereocenters. The molecule has 3 heteroatoms. The third-order valence-corrected chi connectivity index (χ3v) is 2.66. The van der Waals surface area contributed by atoms with Gasteiger partial charge in [0.05, 0.1) is 6.04 Å². The zero-order chi connectivity index (χ0) is 9.19. The first kappa shape index (κ1) is 9.52. The lowest BCUT2D eigenvalue weighted by atomic mass is 9.78. The Hall–Kier alpha value is -0.570. The highest BCUT2D eigenvalue weighted by Crippen LogP contribution is 2.31. The van der Waals surface area contributed by atoms with E-state index in [-0.39, 0.29) is 17.5 Å². The summed E-state index contributed by atoms with van der Waals surface area (Å²) < 4.78 is 0. The van der Waals surface area contributed by atoms with Crippen molar-refractivity contribution in [3.05, 3.63) is 0 Å². The molecule has 0 heterocycles. The first-order valence-corrected chi connectivity index (χ1v) is 4.57. The van der Waals surface area contributed by atoms with Gasteiger partial charge in [-0.15, -0.1) is 0 Å². The molecule has 1 fully saturated rings. The van der Waals surface area contributed by atoms with Crippen LogP contribution in [0.2, 0.25) is 0 Å². The average molecular weight is 170 g/mol. The molecule has 2 N–H and O–H groups in total. The molecule has 0 saturated heterocycles. The van der Waals surface area contributed by atoms with Crippen molar-refractivity contribution < 1.29 is 4.79 Å². The maximum Gasteiger partial charge on any atom is 0.236 e. The molecule has 0 aromatic heterocycles. The Morgan fingerprint density at radius 2 is 2.08 bits per heavy atom. The third-order valence-electron chi connectivity index (χ3n) is 2.66. The molecule has 0 aromatic rings. The van der Waals surface area contributed by atoms with E-state index in [1.54, 1.807) is 7.05 Å². The molecule has 0 radical (unpaired) electrons. The molecule has 0 spiro atoms. The van der Waals surface area contributed by atoms with Gasteiger partial charge in [0.1, 0.15) is 0 Å². The summed E-state index contributed by atoms with van der Waals surface area (Å²) in [5, 5.41) is 5.97. The number of hydrogen-bond donors (Lipinski definition) is 2. The molecule has 1 amide bonds. The fourth-order valence-corrected chi connectivity index (χ4v) is 1.66. The van der Waals surface area contributed by atoms with Crippen molar-refractivity contribution in [2.75, 3.05) is 7.05 Å². The summed E-state index contributed by atoms with van der Waals surface area (Å²) in [6, 6.07) is -0.0692. The second kappa shape index (κ2) is 3.44. The fourth-order valence-electron chi connectivity index (χ4n) is 1.66. The largest absolute Gasteiger partial charge is 0.358 e. The summed E-state index contributed by atoms with van der Waals surface area (Å²) in [7, 11) is 1.67. The summed E-state index contributed by atoms with van der Waals surface area (Å²) in [6.07, 6.45) is 3.66. The van der Waals surface area contributed by atoms with Crippen molar-refractivity contribution in [3.63, 3.8) is 0 Å². The molecule has 3 nitrogen and oxygen atoms in total. The summed E-state index contributed by atoms with van der Waals surface area (Å²) >= 11 is 0. The van der Waals surface area contributed by atoms with Gasteiger partial charge in [0.2, 0.25) is 5.91 Å². The molecule has 0 aromatic carbocycles. The number of hydrogen-bond acceptors (Lipinski definition) is 2. The van der Waals surface area contributed by atoms with Crippen LogP contribution in [-0.2, 0) is 4.79 Å². The summed E-state index contributed by atoms with van der Waals surface area (Å²) in [6.45, 7) is 4.08. The SMILES string of the molecule is CNC(=O)C(C)NC1(C)CCC1. The zero-order valence-electron chi connectivity index (χ0n) is 8.11. The van der Waals surface area contributed by atoms with Crippen LogP contribution in [0, 0.1) is 0 Å². The highest BCUT2D eigenvalue weighted by molar-refractivity contribution is 5.81. The van der Waals surface area contributed by atoms with Crippen LogP contribution in [0.15, 0.2) is 0 Å². The minimum Gasteiger partial charge on any atom is -0.358 e. The van der Waals surface area contributed by atoms with Gasteiger partial charge in [-0.3, -0.25) is 4.79 Å². The van der Waals surface area contributed by atoms with Crippen molar-refractivity contribution in [2.24, 2.45) is 0 Å². The Balaban J connectivity index is 2.34. The lowest BCUT2D eigenvalue weighted by Crippen LogP contribution is -2.55. The van der Waals surface area contributed by atoms with Gasteiger partial charge in [0, 0.05) is 12.6 Å². The molecule has 1 unspecified atom stereocenters. The van der Waals surface area contributed by atoms with Gasteiger partial charge in [-0.05, 0) is 33.1 Å². The fraction of sp³-hybridized carbons (Fsp3) is 0.889. The highest BCUT2D eigenvalue weighted by Gasteiger charge is 2.33. The molecule has 12 heavy (non-hydrogen) atoms. The maximum absolute atomic E-state index is 11.2. The van der Waals surface area contributed by atoms with E-state index in [0.717, 1.165) is 0 Å². The number of carbonyl (C=O) groups excluding carboxylic acids is 1. The lowest BCUT2D eigenvalue weighted by Gasteiger charge is -2.41. The lowest BCUT2D eigenvalue weighted by molar-refractivity contribution is -0.123. The Bertz CT molecular complexity index is 175. The number of rotatable bonds is 3. The summed E-state index contributed by atoms with van der Waals surface area (Å²) in [5.74, 6) is 0.0723. The van der Waals surface area contributed by atoms with Crippen molar-refractivity contribution in [3.8, 4) is 0 Å². The molecule has 1 aliphatic carbocycles. The topological polar surface area (TPSA) is 41.1 Å². The number of carbonyl (C=O) groups is 1. The Labute approximate surface area is 73.9 Å². The van der Waals surface area contributed by atoms with E-state index in [1.165, 1.54) is 19.3 Å². The standard InChI is InChI=1S/C9H18N2O/c1-7(8(12)10-3)11-9(2)5-4-6-9/h7,11H,4-6H2,1-3H3,(H,10,12). The van der Waals surface area contributed by atoms with Crippen LogP contribution in [0.4, 0.5) is 0 Å². The normalized spacial score (nSPS) is 22.6. The van der Waals surface area contributed by atoms with Crippen LogP contribution < -0.4 is 10.6 Å². The van der Waals surface area contributed by atoms with Gasteiger partial charge in [-0.1, -0.05) is 0 Å². The maximum atomic E-state index is 11.2. The van der Waals surface area contributed by atoms with Crippen LogP contribution in [0.1, 0.15) is 33.1 Å². The van der Waals surface area contributed by atoms with Gasteiger partial charge in [0.15, 0.2) is 0 Å². The molecule has 0 aliphatic heterocycles. The average Bonchev–Trinajstić information content (AvgIpc) is 2.00. The molecule has 1 aliphatic rings. The number of amides is 1. The van der Waals surface area contributed by atoms with E-state index < -0.39 is 0 Å². The quantitative estimate of drug-likeness (QED) is 0.653. The van der Waals surface area contributed by atoms with E-state index >= 15 is 0 Å². The Kier molecular flexibility index (Phi) is 2.73. The van der Waals surface area contributed by atoms with Gasteiger partial charge in [0.25, 0.3) is 0 Å². The zero-order valence-corrected chi connectivity index (χ0v) is 8.11. The summed E-state index contributed by atoms with van der Waals surface area (Å²) in [4.78, 5) is 11.2. The van der Waals surface area contributed by atoms with Gasteiger partial charge in [-0.25, -0.2) is 0 Å². The molecular weight excluding hydrogens is 152 g/mol. The van der Waals surface area contributed by atoms with Crippen molar-refractivity contribution in [2.45, 2.75) is 44.7 Å². The van der Waals surface area contributed by atoms with E-state index in [4.69, 9.17) is 0 Å². The van der Waals surface area contributed by atoms with Crippen molar-refractivity contribution in [1.82, 2.24) is 10.6 Å². The second-order valence-electron chi connectivity index (χ2n) is 3.89. The monoisotopic (exact) mass is 170 g/mol. The van der Waals surface area contributed by atoms with Crippen LogP contribution in [0.3, 0.4) is 0 Å². The molecule has 70 valence electrons. The minimum atomic E-state index is -0.0692. The van der Waals surface area contributed by atoms with E-state index in [1.807, 2.05) is 6.92 Å². The van der Waals surface area contributed by atoms with Crippen LogP contribution in [0.25, 0.3) is 0 Å². The van der Waals surface area contributed by atoms with Gasteiger partial charge < -0.3 is 10.6 Å². The first-order valence-electron chi connectivity index (χ1n) is 4.57. The van der Waals surface area contributed by atoms with Crippen LogP contribution in [0.5, 0.6) is 0 Å². The van der Waals surface area contributed by atoms with E-state index in [2.05, 4.69) is 17.6 Å². The minimum absolute atomic E-state index is 0.0692. The third kappa shape index (κ3) is 1.97. The molecule has 0 bridgehead atoms. The van der Waals surface area contributed by atoms with Crippen molar-refractivity contribution >= 4 is 5.91 Å². The molecule has 1 saturated carbocycles. The van der Waals surface area contributed by atoms with Crippen LogP contribution >= 0.6 is 0 Å². The van der Waals surface area contributed by atoms with Gasteiger partial charge >= 0.3 is 0 Å². The van der Waals surface area contributed by atoms with E-state index in [9.17, 15) is 4.79 Å². The molecular formula is C9H18N2O. The van der Waals surface area contributed by atoms with Crippen LogP contribution in [-0.4, -0.2) is 24.5 Å². The predicted octanol–water partition coefficient (Wildman–Crippen LogP) is 0.653.